The lowest BCUT2D eigenvalue weighted by Gasteiger charge is -2.13. The van der Waals surface area contributed by atoms with E-state index in [-0.39, 0.29) is 41.6 Å². The number of benzene rings is 2. The van der Waals surface area contributed by atoms with Crippen LogP contribution in [0.25, 0.3) is 0 Å². The van der Waals surface area contributed by atoms with Crippen LogP contribution < -0.4 is 16.0 Å². The Balaban J connectivity index is 0.00000392. The molecule has 0 radical (unpaired) electrons. The van der Waals surface area contributed by atoms with E-state index in [1.165, 1.54) is 6.07 Å². The van der Waals surface area contributed by atoms with Gasteiger partial charge in [0.2, 0.25) is 5.91 Å². The van der Waals surface area contributed by atoms with Gasteiger partial charge in [0.25, 0.3) is 0 Å². The standard InChI is InChI=1S/C21H27FN4O.HI/c1-14(2)20(27)26-18-9-7-16(8-10-18)12-24-21(23-4)25-13-17-6-5-15(3)19(22)11-17;/h5-11,14H,12-13H2,1-4H3,(H,26,27)(H2,23,24,25);1H. The maximum atomic E-state index is 13.6. The molecule has 3 N–H and O–H groups in total. The number of aliphatic imine (C=N–C) groups is 1. The highest BCUT2D eigenvalue weighted by Gasteiger charge is 2.07. The molecule has 0 aliphatic carbocycles. The molecule has 7 heteroatoms. The quantitative estimate of drug-likeness (QED) is 0.318. The Morgan fingerprint density at radius 2 is 1.61 bits per heavy atom. The zero-order valence-corrected chi connectivity index (χ0v) is 19.0. The third kappa shape index (κ3) is 7.46. The number of hydrogen-bond donors (Lipinski definition) is 3. The van der Waals surface area contributed by atoms with E-state index in [2.05, 4.69) is 20.9 Å². The van der Waals surface area contributed by atoms with Crippen molar-refractivity contribution in [2.75, 3.05) is 12.4 Å². The third-order valence-corrected chi connectivity index (χ3v) is 4.13. The molecule has 0 spiro atoms. The summed E-state index contributed by atoms with van der Waals surface area (Å²) in [7, 11) is 1.69. The van der Waals surface area contributed by atoms with Crippen molar-refractivity contribution in [1.82, 2.24) is 10.6 Å². The Morgan fingerprint density at radius 3 is 2.14 bits per heavy atom. The largest absolute Gasteiger partial charge is 0.352 e. The van der Waals surface area contributed by atoms with Crippen LogP contribution in [0.15, 0.2) is 47.5 Å². The number of nitrogens with one attached hydrogen (secondary N) is 3. The number of nitrogens with zero attached hydrogens (tertiary/aromatic N) is 1. The minimum atomic E-state index is -0.207. The summed E-state index contributed by atoms with van der Waals surface area (Å²) in [6.07, 6.45) is 0. The molecule has 0 heterocycles. The fraction of sp³-hybridized carbons (Fsp3) is 0.333. The average Bonchev–Trinajstić information content (AvgIpc) is 2.65. The van der Waals surface area contributed by atoms with Crippen molar-refractivity contribution in [3.05, 3.63) is 65.0 Å². The number of guanidine groups is 1. The highest BCUT2D eigenvalue weighted by Crippen LogP contribution is 2.11. The third-order valence-electron chi connectivity index (χ3n) is 4.13. The lowest BCUT2D eigenvalue weighted by atomic mass is 10.1. The molecule has 5 nitrogen and oxygen atoms in total. The van der Waals surface area contributed by atoms with E-state index in [0.29, 0.717) is 24.6 Å². The molecule has 0 bridgehead atoms. The summed E-state index contributed by atoms with van der Waals surface area (Å²) >= 11 is 0. The molecule has 2 aromatic carbocycles. The number of hydrogen-bond acceptors (Lipinski definition) is 2. The summed E-state index contributed by atoms with van der Waals surface area (Å²) < 4.78 is 13.6. The lowest BCUT2D eigenvalue weighted by molar-refractivity contribution is -0.118. The van der Waals surface area contributed by atoms with Crippen molar-refractivity contribution in [1.29, 1.82) is 0 Å². The first kappa shape index (κ1) is 23.9. The Morgan fingerprint density at radius 1 is 1.04 bits per heavy atom. The molecule has 0 saturated heterocycles. The lowest BCUT2D eigenvalue weighted by Crippen LogP contribution is -2.36. The molecular formula is C21H28FIN4O. The van der Waals surface area contributed by atoms with Crippen molar-refractivity contribution in [2.24, 2.45) is 10.9 Å². The van der Waals surface area contributed by atoms with Crippen molar-refractivity contribution in [3.63, 3.8) is 0 Å². The van der Waals surface area contributed by atoms with Gasteiger partial charge in [0.1, 0.15) is 5.82 Å². The fourth-order valence-electron chi connectivity index (χ4n) is 2.33. The van der Waals surface area contributed by atoms with Gasteiger partial charge in [0.15, 0.2) is 5.96 Å². The van der Waals surface area contributed by atoms with Gasteiger partial charge in [-0.1, -0.05) is 38.1 Å². The predicted molar refractivity (Wildman–Crippen MR) is 124 cm³/mol. The second kappa shape index (κ2) is 11.6. The Kier molecular flexibility index (Phi) is 9.92. The summed E-state index contributed by atoms with van der Waals surface area (Å²) in [6, 6.07) is 12.8. The van der Waals surface area contributed by atoms with Crippen molar-refractivity contribution < 1.29 is 9.18 Å². The van der Waals surface area contributed by atoms with Gasteiger partial charge in [-0.25, -0.2) is 4.39 Å². The maximum Gasteiger partial charge on any atom is 0.226 e. The molecule has 0 unspecified atom stereocenters. The van der Waals surface area contributed by atoms with Gasteiger partial charge in [-0.3, -0.25) is 9.79 Å². The van der Waals surface area contributed by atoms with Crippen LogP contribution in [-0.4, -0.2) is 18.9 Å². The number of carbonyl (C=O) groups excluding carboxylic acids is 1. The average molecular weight is 498 g/mol. The van der Waals surface area contributed by atoms with Crippen LogP contribution in [0, 0.1) is 18.7 Å². The van der Waals surface area contributed by atoms with E-state index >= 15 is 0 Å². The SMILES string of the molecule is CN=C(NCc1ccc(NC(=O)C(C)C)cc1)NCc1ccc(C)c(F)c1.I. The molecule has 0 fully saturated rings. The van der Waals surface area contributed by atoms with Crippen LogP contribution in [0.5, 0.6) is 0 Å². The first-order chi connectivity index (χ1) is 12.9. The highest BCUT2D eigenvalue weighted by atomic mass is 127. The van der Waals surface area contributed by atoms with Crippen LogP contribution >= 0.6 is 24.0 Å². The number of carbonyl (C=O) groups is 1. The Bertz CT molecular complexity index is 807. The number of aryl methyl sites for hydroxylation is 1. The van der Waals surface area contributed by atoms with E-state index in [1.807, 2.05) is 44.2 Å². The van der Waals surface area contributed by atoms with Crippen molar-refractivity contribution in [3.8, 4) is 0 Å². The van der Waals surface area contributed by atoms with E-state index in [1.54, 1.807) is 20.0 Å². The maximum absolute atomic E-state index is 13.6. The second-order valence-corrected chi connectivity index (χ2v) is 6.70. The summed E-state index contributed by atoms with van der Waals surface area (Å²) in [5.74, 6) is 0.371. The number of anilines is 1. The first-order valence-electron chi connectivity index (χ1n) is 8.98. The van der Waals surface area contributed by atoms with E-state index in [4.69, 9.17) is 0 Å². The topological polar surface area (TPSA) is 65.5 Å². The molecule has 0 atom stereocenters. The molecule has 0 aromatic heterocycles. The van der Waals surface area contributed by atoms with Crippen molar-refractivity contribution >= 4 is 41.5 Å². The van der Waals surface area contributed by atoms with E-state index in [9.17, 15) is 9.18 Å². The molecule has 1 amide bonds. The first-order valence-corrected chi connectivity index (χ1v) is 8.98. The van der Waals surface area contributed by atoms with Gasteiger partial charge in [0.05, 0.1) is 0 Å². The van der Waals surface area contributed by atoms with Gasteiger partial charge < -0.3 is 16.0 Å². The van der Waals surface area contributed by atoms with Gasteiger partial charge in [0, 0.05) is 31.7 Å². The minimum Gasteiger partial charge on any atom is -0.352 e. The number of rotatable bonds is 6. The molecular weight excluding hydrogens is 470 g/mol. The fourth-order valence-corrected chi connectivity index (χ4v) is 2.33. The molecule has 0 aliphatic rings. The van der Waals surface area contributed by atoms with Crippen molar-refractivity contribution in [2.45, 2.75) is 33.9 Å². The van der Waals surface area contributed by atoms with E-state index in [0.717, 1.165) is 16.8 Å². The molecule has 28 heavy (non-hydrogen) atoms. The number of amides is 1. The Hall–Kier alpha value is -2.16. The summed E-state index contributed by atoms with van der Waals surface area (Å²) in [4.78, 5) is 15.9. The summed E-state index contributed by atoms with van der Waals surface area (Å²) in [6.45, 7) is 6.53. The monoisotopic (exact) mass is 498 g/mol. The predicted octanol–water partition coefficient (Wildman–Crippen LogP) is 4.21. The zero-order valence-electron chi connectivity index (χ0n) is 16.7. The highest BCUT2D eigenvalue weighted by molar-refractivity contribution is 14.0. The van der Waals surface area contributed by atoms with E-state index < -0.39 is 0 Å². The molecule has 2 rings (SSSR count). The molecule has 2 aromatic rings. The van der Waals surface area contributed by atoms with Crippen LogP contribution in [0.3, 0.4) is 0 Å². The second-order valence-electron chi connectivity index (χ2n) is 6.70. The van der Waals surface area contributed by atoms with Gasteiger partial charge in [-0.15, -0.1) is 24.0 Å². The zero-order chi connectivity index (χ0) is 19.8. The van der Waals surface area contributed by atoms with Crippen LogP contribution in [0.4, 0.5) is 10.1 Å². The molecule has 0 saturated carbocycles. The smallest absolute Gasteiger partial charge is 0.226 e. The molecule has 152 valence electrons. The summed E-state index contributed by atoms with van der Waals surface area (Å²) in [5.41, 5.74) is 3.32. The van der Waals surface area contributed by atoms with Crippen LogP contribution in [0.1, 0.15) is 30.5 Å². The molecule has 0 aliphatic heterocycles. The number of halogens is 2. The summed E-state index contributed by atoms with van der Waals surface area (Å²) in [5, 5.41) is 9.25. The normalized spacial score (nSPS) is 11.0. The van der Waals surface area contributed by atoms with Gasteiger partial charge in [-0.05, 0) is 41.8 Å². The Labute approximate surface area is 183 Å². The van der Waals surface area contributed by atoms with Crippen LogP contribution in [0.2, 0.25) is 0 Å². The van der Waals surface area contributed by atoms with Gasteiger partial charge in [-0.2, -0.15) is 0 Å². The van der Waals surface area contributed by atoms with Gasteiger partial charge >= 0.3 is 0 Å². The van der Waals surface area contributed by atoms with Crippen LogP contribution in [-0.2, 0) is 17.9 Å². The minimum absolute atomic E-state index is 0.